The van der Waals surface area contributed by atoms with Crippen molar-refractivity contribution in [3.05, 3.63) is 41.1 Å². The third kappa shape index (κ3) is 5.25. The third-order valence-electron chi connectivity index (χ3n) is 3.81. The normalized spacial score (nSPS) is 12.1. The predicted octanol–water partition coefficient (Wildman–Crippen LogP) is 5.33. The molecule has 0 atom stereocenters. The first-order chi connectivity index (χ1) is 11.6. The number of nitrogens with zero attached hydrogens (tertiary/aromatic N) is 2. The zero-order chi connectivity index (χ0) is 18.8. The first-order valence-electron chi connectivity index (χ1n) is 9.09. The maximum Gasteiger partial charge on any atom is 0.237 e. The molecule has 0 aliphatic carbocycles. The zero-order valence-corrected chi connectivity index (χ0v) is 16.9. The lowest BCUT2D eigenvalue weighted by Gasteiger charge is -2.20. The van der Waals surface area contributed by atoms with Crippen LogP contribution in [-0.4, -0.2) is 21.5 Å². The monoisotopic (exact) mass is 344 g/mol. The van der Waals surface area contributed by atoms with Crippen LogP contribution in [0.1, 0.15) is 71.3 Å². The minimum atomic E-state index is -0.272. The predicted molar refractivity (Wildman–Crippen MR) is 103 cm³/mol. The van der Waals surface area contributed by atoms with Gasteiger partial charge in [-0.2, -0.15) is 0 Å². The molecule has 1 aromatic heterocycles. The molecule has 138 valence electrons. The number of benzene rings is 1. The van der Waals surface area contributed by atoms with E-state index in [9.17, 15) is 0 Å². The fourth-order valence-corrected chi connectivity index (χ4v) is 2.77. The molecule has 0 bridgehead atoms. The van der Waals surface area contributed by atoms with Gasteiger partial charge in [0.1, 0.15) is 11.4 Å². The highest BCUT2D eigenvalue weighted by Gasteiger charge is 2.22. The summed E-state index contributed by atoms with van der Waals surface area (Å²) < 4.78 is 13.9. The minimum Gasteiger partial charge on any atom is -0.491 e. The summed E-state index contributed by atoms with van der Waals surface area (Å²) >= 11 is 0. The van der Waals surface area contributed by atoms with Crippen molar-refractivity contribution in [2.45, 2.75) is 79.6 Å². The van der Waals surface area contributed by atoms with Gasteiger partial charge in [0.2, 0.25) is 5.88 Å². The average molecular weight is 344 g/mol. The van der Waals surface area contributed by atoms with Gasteiger partial charge in [-0.25, -0.2) is 0 Å². The SMILES string of the molecule is Cc1c(Cc2ccc(OC(C)C)cc2)c(OC(C)(C)C)nn1C(C)C. The van der Waals surface area contributed by atoms with Crippen LogP contribution < -0.4 is 9.47 Å². The molecule has 0 spiro atoms. The Morgan fingerprint density at radius 2 is 1.64 bits per heavy atom. The van der Waals surface area contributed by atoms with Gasteiger partial charge in [0.05, 0.1) is 6.10 Å². The molecule has 1 heterocycles. The fraction of sp³-hybridized carbons (Fsp3) is 0.571. The Bertz CT molecular complexity index is 692. The summed E-state index contributed by atoms with van der Waals surface area (Å²) in [6, 6.07) is 8.59. The van der Waals surface area contributed by atoms with Gasteiger partial charge >= 0.3 is 0 Å². The highest BCUT2D eigenvalue weighted by molar-refractivity contribution is 5.38. The number of ether oxygens (including phenoxy) is 2. The molecule has 25 heavy (non-hydrogen) atoms. The van der Waals surface area contributed by atoms with Gasteiger partial charge in [0.25, 0.3) is 0 Å². The summed E-state index contributed by atoms with van der Waals surface area (Å²) in [5.41, 5.74) is 3.27. The van der Waals surface area contributed by atoms with Crippen molar-refractivity contribution in [2.24, 2.45) is 0 Å². The van der Waals surface area contributed by atoms with Gasteiger partial charge in [-0.1, -0.05) is 12.1 Å². The summed E-state index contributed by atoms with van der Waals surface area (Å²) in [4.78, 5) is 0. The number of hydrogen-bond acceptors (Lipinski definition) is 3. The first kappa shape index (κ1) is 19.4. The van der Waals surface area contributed by atoms with Crippen molar-refractivity contribution in [3.8, 4) is 11.6 Å². The van der Waals surface area contributed by atoms with Crippen LogP contribution in [0.4, 0.5) is 0 Å². The van der Waals surface area contributed by atoms with Crippen LogP contribution in [0.5, 0.6) is 11.6 Å². The summed E-state index contributed by atoms with van der Waals surface area (Å²) in [5, 5.41) is 4.72. The lowest BCUT2D eigenvalue weighted by molar-refractivity contribution is 0.121. The van der Waals surface area contributed by atoms with Crippen LogP contribution in [0, 0.1) is 6.92 Å². The molecule has 1 aromatic carbocycles. The first-order valence-corrected chi connectivity index (χ1v) is 9.09. The molecule has 0 amide bonds. The van der Waals surface area contributed by atoms with E-state index in [1.807, 2.05) is 30.7 Å². The Morgan fingerprint density at radius 1 is 1.04 bits per heavy atom. The quantitative estimate of drug-likeness (QED) is 0.711. The van der Waals surface area contributed by atoms with Crippen molar-refractivity contribution in [3.63, 3.8) is 0 Å². The average Bonchev–Trinajstić information content (AvgIpc) is 2.76. The standard InChI is InChI=1S/C21H32N2O2/c1-14(2)23-16(5)19(20(22-23)25-21(6,7)8)13-17-9-11-18(12-10-17)24-15(3)4/h9-12,14-15H,13H2,1-8H3. The minimum absolute atomic E-state index is 0.184. The maximum absolute atomic E-state index is 6.14. The Balaban J connectivity index is 2.30. The van der Waals surface area contributed by atoms with E-state index in [2.05, 4.69) is 53.7 Å². The second kappa shape index (κ2) is 7.51. The zero-order valence-electron chi connectivity index (χ0n) is 16.9. The highest BCUT2D eigenvalue weighted by atomic mass is 16.5. The number of rotatable bonds is 6. The van der Waals surface area contributed by atoms with E-state index in [4.69, 9.17) is 14.6 Å². The molecule has 4 heteroatoms. The summed E-state index contributed by atoms with van der Waals surface area (Å²) in [6.07, 6.45) is 0.982. The Kier molecular flexibility index (Phi) is 5.81. The van der Waals surface area contributed by atoms with Crippen molar-refractivity contribution in [2.75, 3.05) is 0 Å². The molecule has 2 rings (SSSR count). The van der Waals surface area contributed by atoms with Crippen molar-refractivity contribution in [1.29, 1.82) is 0 Å². The molecular formula is C21H32N2O2. The molecule has 0 aliphatic rings. The van der Waals surface area contributed by atoms with Crippen LogP contribution in [0.15, 0.2) is 24.3 Å². The van der Waals surface area contributed by atoms with Crippen LogP contribution in [0.2, 0.25) is 0 Å². The molecule has 0 unspecified atom stereocenters. The molecule has 0 aliphatic heterocycles. The van der Waals surface area contributed by atoms with E-state index in [0.717, 1.165) is 29.3 Å². The topological polar surface area (TPSA) is 36.3 Å². The van der Waals surface area contributed by atoms with E-state index in [0.29, 0.717) is 6.04 Å². The van der Waals surface area contributed by atoms with Gasteiger partial charge in [0.15, 0.2) is 0 Å². The van der Waals surface area contributed by atoms with Gasteiger partial charge in [-0.15, -0.1) is 5.10 Å². The van der Waals surface area contributed by atoms with Crippen LogP contribution in [0.3, 0.4) is 0 Å². The Hall–Kier alpha value is -1.97. The Labute approximate surface area is 152 Å². The van der Waals surface area contributed by atoms with Gasteiger partial charge in [0, 0.05) is 23.7 Å². The molecule has 2 aromatic rings. The summed E-state index contributed by atoms with van der Waals surface area (Å²) in [7, 11) is 0. The second-order valence-corrected chi connectivity index (χ2v) is 8.11. The lowest BCUT2D eigenvalue weighted by Crippen LogP contribution is -2.24. The van der Waals surface area contributed by atoms with E-state index >= 15 is 0 Å². The molecule has 0 radical (unpaired) electrons. The number of hydrogen-bond donors (Lipinski definition) is 0. The number of aromatic nitrogens is 2. The summed E-state index contributed by atoms with van der Waals surface area (Å²) in [5.74, 6) is 1.64. The van der Waals surface area contributed by atoms with E-state index in [1.165, 1.54) is 5.56 Å². The highest BCUT2D eigenvalue weighted by Crippen LogP contribution is 2.29. The van der Waals surface area contributed by atoms with Crippen LogP contribution >= 0.6 is 0 Å². The third-order valence-corrected chi connectivity index (χ3v) is 3.81. The fourth-order valence-electron chi connectivity index (χ4n) is 2.77. The smallest absolute Gasteiger partial charge is 0.237 e. The molecule has 0 N–H and O–H groups in total. The van der Waals surface area contributed by atoms with E-state index < -0.39 is 0 Å². The lowest BCUT2D eigenvalue weighted by atomic mass is 10.0. The van der Waals surface area contributed by atoms with Crippen LogP contribution in [0.25, 0.3) is 0 Å². The van der Waals surface area contributed by atoms with Gasteiger partial charge in [-0.3, -0.25) is 4.68 Å². The van der Waals surface area contributed by atoms with Crippen LogP contribution in [-0.2, 0) is 6.42 Å². The Morgan fingerprint density at radius 3 is 2.12 bits per heavy atom. The molecule has 0 saturated carbocycles. The van der Waals surface area contributed by atoms with Crippen molar-refractivity contribution < 1.29 is 9.47 Å². The van der Waals surface area contributed by atoms with Crippen molar-refractivity contribution >= 4 is 0 Å². The molecule has 0 saturated heterocycles. The van der Waals surface area contributed by atoms with Gasteiger partial charge in [-0.05, 0) is 73.1 Å². The van der Waals surface area contributed by atoms with E-state index in [-0.39, 0.29) is 11.7 Å². The van der Waals surface area contributed by atoms with Crippen molar-refractivity contribution in [1.82, 2.24) is 9.78 Å². The molecular weight excluding hydrogens is 312 g/mol. The van der Waals surface area contributed by atoms with E-state index in [1.54, 1.807) is 0 Å². The molecule has 4 nitrogen and oxygen atoms in total. The summed E-state index contributed by atoms with van der Waals surface area (Å²) in [6.45, 7) is 16.6. The molecule has 0 fully saturated rings. The maximum atomic E-state index is 6.14. The van der Waals surface area contributed by atoms with Gasteiger partial charge < -0.3 is 9.47 Å². The largest absolute Gasteiger partial charge is 0.491 e. The second-order valence-electron chi connectivity index (χ2n) is 8.11.